The van der Waals surface area contributed by atoms with Gasteiger partial charge in [-0.1, -0.05) is 6.07 Å². The van der Waals surface area contributed by atoms with Crippen LogP contribution in [0.1, 0.15) is 18.1 Å². The van der Waals surface area contributed by atoms with Crippen LogP contribution in [0.25, 0.3) is 0 Å². The highest BCUT2D eigenvalue weighted by Gasteiger charge is 2.28. The molecule has 0 saturated carbocycles. The number of carboxylic acids is 1. The van der Waals surface area contributed by atoms with Crippen molar-refractivity contribution in [3.8, 4) is 0 Å². The lowest BCUT2D eigenvalue weighted by molar-refractivity contribution is -0.158. The Morgan fingerprint density at radius 3 is 2.67 bits per heavy atom. The van der Waals surface area contributed by atoms with Crippen LogP contribution in [0.2, 0.25) is 0 Å². The molecule has 0 aromatic heterocycles. The highest BCUT2D eigenvalue weighted by atomic mass is 19.1. The van der Waals surface area contributed by atoms with Crippen molar-refractivity contribution in [1.29, 1.82) is 0 Å². The Morgan fingerprint density at radius 1 is 1.44 bits per heavy atom. The fraction of sp³-hybridized carbons (Fsp3) is 0.385. The van der Waals surface area contributed by atoms with Crippen LogP contribution in [-0.4, -0.2) is 23.7 Å². The average molecular weight is 254 g/mol. The van der Waals surface area contributed by atoms with E-state index in [1.807, 2.05) is 0 Å². The second-order valence-corrected chi connectivity index (χ2v) is 3.92. The zero-order valence-electron chi connectivity index (χ0n) is 10.3. The van der Waals surface area contributed by atoms with Gasteiger partial charge in [-0.25, -0.2) is 4.39 Å². The van der Waals surface area contributed by atoms with Gasteiger partial charge in [-0.05, 0) is 43.5 Å². The van der Waals surface area contributed by atoms with E-state index in [1.165, 1.54) is 12.1 Å². The molecular formula is C13H15FO4. The molecule has 18 heavy (non-hydrogen) atoms. The van der Waals surface area contributed by atoms with Crippen LogP contribution < -0.4 is 0 Å². The number of carbonyl (C=O) groups is 2. The molecule has 0 saturated heterocycles. The van der Waals surface area contributed by atoms with Crippen LogP contribution in [0.15, 0.2) is 18.2 Å². The van der Waals surface area contributed by atoms with E-state index in [-0.39, 0.29) is 13.0 Å². The molecule has 0 spiro atoms. The van der Waals surface area contributed by atoms with Crippen molar-refractivity contribution in [1.82, 2.24) is 0 Å². The number of halogens is 1. The Hall–Kier alpha value is -1.91. The van der Waals surface area contributed by atoms with Crippen LogP contribution in [0, 0.1) is 18.7 Å². The molecule has 0 aliphatic rings. The van der Waals surface area contributed by atoms with Gasteiger partial charge in [0.2, 0.25) is 0 Å². The van der Waals surface area contributed by atoms with E-state index in [0.29, 0.717) is 5.56 Å². The van der Waals surface area contributed by atoms with Crippen LogP contribution in [0.3, 0.4) is 0 Å². The lowest BCUT2D eigenvalue weighted by Crippen LogP contribution is -2.28. The van der Waals surface area contributed by atoms with Crippen molar-refractivity contribution in [2.24, 2.45) is 5.92 Å². The Morgan fingerprint density at radius 2 is 2.11 bits per heavy atom. The number of aryl methyl sites for hydroxylation is 1. The van der Waals surface area contributed by atoms with Crippen molar-refractivity contribution in [3.63, 3.8) is 0 Å². The molecule has 5 heteroatoms. The number of esters is 1. The largest absolute Gasteiger partial charge is 0.481 e. The van der Waals surface area contributed by atoms with E-state index in [4.69, 9.17) is 9.84 Å². The molecule has 1 N–H and O–H groups in total. The quantitative estimate of drug-likeness (QED) is 0.644. The third-order valence-electron chi connectivity index (χ3n) is 2.60. The zero-order chi connectivity index (χ0) is 13.7. The highest BCUT2D eigenvalue weighted by Crippen LogP contribution is 2.16. The van der Waals surface area contributed by atoms with Gasteiger partial charge in [0.05, 0.1) is 6.61 Å². The number of ether oxygens (including phenoxy) is 1. The molecule has 1 atom stereocenters. The highest BCUT2D eigenvalue weighted by molar-refractivity contribution is 5.94. The van der Waals surface area contributed by atoms with Gasteiger partial charge in [-0.2, -0.15) is 0 Å². The summed E-state index contributed by atoms with van der Waals surface area (Å²) in [6.07, 6.45) is -0.0717. The molecule has 1 rings (SSSR count). The third-order valence-corrected chi connectivity index (χ3v) is 2.60. The molecule has 4 nitrogen and oxygen atoms in total. The van der Waals surface area contributed by atoms with Gasteiger partial charge < -0.3 is 9.84 Å². The predicted molar refractivity (Wildman–Crippen MR) is 62.6 cm³/mol. The molecule has 0 heterocycles. The van der Waals surface area contributed by atoms with E-state index in [9.17, 15) is 14.0 Å². The first kappa shape index (κ1) is 14.2. The Kier molecular flexibility index (Phi) is 4.83. The van der Waals surface area contributed by atoms with Crippen molar-refractivity contribution in [2.75, 3.05) is 6.61 Å². The Bertz CT molecular complexity index is 456. The summed E-state index contributed by atoms with van der Waals surface area (Å²) >= 11 is 0. The van der Waals surface area contributed by atoms with Gasteiger partial charge in [0.15, 0.2) is 5.92 Å². The summed E-state index contributed by atoms with van der Waals surface area (Å²) in [5.41, 5.74) is 1.24. The second kappa shape index (κ2) is 6.14. The normalized spacial score (nSPS) is 11.9. The average Bonchev–Trinajstić information content (AvgIpc) is 2.30. The minimum absolute atomic E-state index is 0.0717. The molecule has 1 unspecified atom stereocenters. The van der Waals surface area contributed by atoms with Crippen molar-refractivity contribution < 1.29 is 23.8 Å². The van der Waals surface area contributed by atoms with Gasteiger partial charge in [0, 0.05) is 0 Å². The lowest BCUT2D eigenvalue weighted by atomic mass is 9.96. The lowest BCUT2D eigenvalue weighted by Gasteiger charge is -2.13. The van der Waals surface area contributed by atoms with Gasteiger partial charge in [-0.15, -0.1) is 0 Å². The summed E-state index contributed by atoms with van der Waals surface area (Å²) in [5.74, 6) is -3.82. The summed E-state index contributed by atoms with van der Waals surface area (Å²) in [6, 6.07) is 4.08. The fourth-order valence-corrected chi connectivity index (χ4v) is 1.59. The summed E-state index contributed by atoms with van der Waals surface area (Å²) < 4.78 is 17.8. The van der Waals surface area contributed by atoms with Crippen LogP contribution in [0.5, 0.6) is 0 Å². The predicted octanol–water partition coefficient (Wildman–Crippen LogP) is 1.94. The summed E-state index contributed by atoms with van der Waals surface area (Å²) in [5, 5.41) is 9.00. The zero-order valence-corrected chi connectivity index (χ0v) is 10.3. The van der Waals surface area contributed by atoms with E-state index in [2.05, 4.69) is 0 Å². The SMILES string of the molecule is CCOC(=O)C(Cc1cc(F)ccc1C)C(=O)O. The molecule has 0 aliphatic carbocycles. The number of carboxylic acid groups (broad SMARTS) is 1. The Balaban J connectivity index is 2.93. The first-order valence-corrected chi connectivity index (χ1v) is 5.60. The molecule has 0 fully saturated rings. The number of benzene rings is 1. The molecule has 0 radical (unpaired) electrons. The van der Waals surface area contributed by atoms with Crippen LogP contribution in [-0.2, 0) is 20.7 Å². The van der Waals surface area contributed by atoms with E-state index >= 15 is 0 Å². The maximum absolute atomic E-state index is 13.1. The van der Waals surface area contributed by atoms with Gasteiger partial charge in [-0.3, -0.25) is 9.59 Å². The maximum Gasteiger partial charge on any atom is 0.320 e. The first-order chi connectivity index (χ1) is 8.45. The number of carbonyl (C=O) groups excluding carboxylic acids is 1. The van der Waals surface area contributed by atoms with Crippen LogP contribution in [0.4, 0.5) is 4.39 Å². The molecule has 0 amide bonds. The number of rotatable bonds is 5. The maximum atomic E-state index is 13.1. The van der Waals surface area contributed by atoms with E-state index < -0.39 is 23.7 Å². The first-order valence-electron chi connectivity index (χ1n) is 5.60. The smallest absolute Gasteiger partial charge is 0.320 e. The van der Waals surface area contributed by atoms with E-state index in [0.717, 1.165) is 5.56 Å². The van der Waals surface area contributed by atoms with Gasteiger partial charge >= 0.3 is 11.9 Å². The summed E-state index contributed by atoms with van der Waals surface area (Å²) in [6.45, 7) is 3.45. The third kappa shape index (κ3) is 3.55. The number of aliphatic carboxylic acids is 1. The van der Waals surface area contributed by atoms with Crippen LogP contribution >= 0.6 is 0 Å². The van der Waals surface area contributed by atoms with Gasteiger partial charge in [0.1, 0.15) is 5.82 Å². The second-order valence-electron chi connectivity index (χ2n) is 3.92. The monoisotopic (exact) mass is 254 g/mol. The minimum atomic E-state index is -1.30. The summed E-state index contributed by atoms with van der Waals surface area (Å²) in [7, 11) is 0. The molecule has 0 bridgehead atoms. The number of hydrogen-bond donors (Lipinski definition) is 1. The van der Waals surface area contributed by atoms with E-state index in [1.54, 1.807) is 19.9 Å². The standard InChI is InChI=1S/C13H15FO4/c1-3-18-13(17)11(12(15)16)7-9-6-10(14)5-4-8(9)2/h4-6,11H,3,7H2,1-2H3,(H,15,16). The molecule has 98 valence electrons. The van der Waals surface area contributed by atoms with Crippen molar-refractivity contribution >= 4 is 11.9 Å². The molecule has 1 aromatic carbocycles. The van der Waals surface area contributed by atoms with Gasteiger partial charge in [0.25, 0.3) is 0 Å². The molecular weight excluding hydrogens is 239 g/mol. The topological polar surface area (TPSA) is 63.6 Å². The fourth-order valence-electron chi connectivity index (χ4n) is 1.59. The Labute approximate surface area is 104 Å². The number of hydrogen-bond acceptors (Lipinski definition) is 3. The van der Waals surface area contributed by atoms with Crippen molar-refractivity contribution in [3.05, 3.63) is 35.1 Å². The van der Waals surface area contributed by atoms with Crippen molar-refractivity contribution in [2.45, 2.75) is 20.3 Å². The summed E-state index contributed by atoms with van der Waals surface area (Å²) in [4.78, 5) is 22.5. The molecule has 1 aromatic rings. The molecule has 0 aliphatic heterocycles. The minimum Gasteiger partial charge on any atom is -0.481 e.